The van der Waals surface area contributed by atoms with Crippen molar-refractivity contribution in [1.29, 1.82) is 0 Å². The number of thiophene rings is 1. The number of carbonyl (C=O) groups is 2. The van der Waals surface area contributed by atoms with Crippen LogP contribution in [0.15, 0.2) is 64.9 Å². The van der Waals surface area contributed by atoms with E-state index in [1.165, 1.54) is 21.3 Å². The van der Waals surface area contributed by atoms with Gasteiger partial charge in [0.1, 0.15) is 0 Å². The van der Waals surface area contributed by atoms with Crippen LogP contribution in [0, 0.1) is 0 Å². The summed E-state index contributed by atoms with van der Waals surface area (Å²) in [7, 11) is -3.73. The van der Waals surface area contributed by atoms with E-state index in [-0.39, 0.29) is 16.5 Å². The third-order valence-corrected chi connectivity index (χ3v) is 8.09. The van der Waals surface area contributed by atoms with E-state index >= 15 is 0 Å². The number of amides is 3. The van der Waals surface area contributed by atoms with Gasteiger partial charge in [-0.2, -0.15) is 4.31 Å². The number of hydrogen-bond acceptors (Lipinski definition) is 5. The molecule has 0 saturated carbocycles. The number of benzene rings is 2. The lowest BCUT2D eigenvalue weighted by Gasteiger charge is -2.26. The second kappa shape index (κ2) is 9.74. The molecule has 0 unspecified atom stereocenters. The quantitative estimate of drug-likeness (QED) is 0.493. The first-order chi connectivity index (χ1) is 15.9. The molecule has 1 aromatic heterocycles. The average molecular weight is 485 g/mol. The first-order valence-corrected chi connectivity index (χ1v) is 12.8. The Morgan fingerprint density at radius 3 is 2.58 bits per heavy atom. The molecule has 2 heterocycles. The fraction of sp³-hybridized carbons (Fsp3) is 0.217. The summed E-state index contributed by atoms with van der Waals surface area (Å²) >= 11 is 1.65. The summed E-state index contributed by atoms with van der Waals surface area (Å²) in [6, 6.07) is 14.4. The molecule has 172 valence electrons. The zero-order chi connectivity index (χ0) is 23.4. The monoisotopic (exact) mass is 484 g/mol. The van der Waals surface area contributed by atoms with Crippen LogP contribution in [0.4, 0.5) is 16.2 Å². The van der Waals surface area contributed by atoms with Gasteiger partial charge < -0.3 is 16.0 Å². The Morgan fingerprint density at radius 2 is 1.79 bits per heavy atom. The number of carbonyl (C=O) groups excluding carboxylic acids is 2. The van der Waals surface area contributed by atoms with Crippen LogP contribution in [-0.2, 0) is 23.0 Å². The summed E-state index contributed by atoms with van der Waals surface area (Å²) in [5.41, 5.74) is 2.26. The van der Waals surface area contributed by atoms with E-state index in [4.69, 9.17) is 0 Å². The van der Waals surface area contributed by atoms with Crippen molar-refractivity contribution in [3.05, 3.63) is 76.0 Å². The topological polar surface area (TPSA) is 108 Å². The number of anilines is 2. The van der Waals surface area contributed by atoms with Gasteiger partial charge in [-0.05, 0) is 66.8 Å². The maximum Gasteiger partial charge on any atom is 0.319 e. The molecular weight excluding hydrogens is 460 g/mol. The average Bonchev–Trinajstić information content (AvgIpc) is 3.27. The minimum atomic E-state index is -3.73. The van der Waals surface area contributed by atoms with E-state index < -0.39 is 15.9 Å². The van der Waals surface area contributed by atoms with Crippen molar-refractivity contribution in [3.63, 3.8) is 0 Å². The molecule has 1 aliphatic heterocycles. The molecule has 10 heteroatoms. The summed E-state index contributed by atoms with van der Waals surface area (Å²) in [5.74, 6) is -0.444. The number of fused-ring (bicyclic) bond motifs is 1. The van der Waals surface area contributed by atoms with Crippen LogP contribution in [0.2, 0.25) is 0 Å². The van der Waals surface area contributed by atoms with Crippen molar-refractivity contribution < 1.29 is 18.0 Å². The summed E-state index contributed by atoms with van der Waals surface area (Å²) < 4.78 is 27.9. The van der Waals surface area contributed by atoms with Crippen LogP contribution in [0.3, 0.4) is 0 Å². The first kappa shape index (κ1) is 23.0. The van der Waals surface area contributed by atoms with E-state index in [1.807, 2.05) is 18.4 Å². The van der Waals surface area contributed by atoms with Gasteiger partial charge in [0, 0.05) is 41.4 Å². The molecule has 4 rings (SSSR count). The molecule has 0 saturated heterocycles. The molecule has 0 atom stereocenters. The van der Waals surface area contributed by atoms with Crippen molar-refractivity contribution in [3.8, 4) is 0 Å². The molecule has 0 radical (unpaired) electrons. The summed E-state index contributed by atoms with van der Waals surface area (Å²) in [6.45, 7) is 3.06. The van der Waals surface area contributed by atoms with E-state index in [2.05, 4.69) is 16.0 Å². The van der Waals surface area contributed by atoms with Gasteiger partial charge in [-0.15, -0.1) is 11.3 Å². The van der Waals surface area contributed by atoms with Crippen LogP contribution < -0.4 is 16.0 Å². The van der Waals surface area contributed by atoms with Gasteiger partial charge >= 0.3 is 6.03 Å². The minimum absolute atomic E-state index is 0.0838. The highest BCUT2D eigenvalue weighted by Crippen LogP contribution is 2.28. The van der Waals surface area contributed by atoms with Crippen LogP contribution in [0.1, 0.15) is 27.7 Å². The maximum atomic E-state index is 13.2. The van der Waals surface area contributed by atoms with Gasteiger partial charge in [0.25, 0.3) is 5.91 Å². The maximum absolute atomic E-state index is 13.2. The third kappa shape index (κ3) is 5.24. The zero-order valence-electron chi connectivity index (χ0n) is 18.0. The minimum Gasteiger partial charge on any atom is -0.338 e. The van der Waals surface area contributed by atoms with Gasteiger partial charge in [-0.25, -0.2) is 13.2 Å². The second-order valence-electron chi connectivity index (χ2n) is 7.50. The number of rotatable bonds is 6. The fourth-order valence-electron chi connectivity index (χ4n) is 3.59. The van der Waals surface area contributed by atoms with Crippen LogP contribution in [0.5, 0.6) is 0 Å². The van der Waals surface area contributed by atoms with Gasteiger partial charge in [0.2, 0.25) is 10.0 Å². The summed E-state index contributed by atoms with van der Waals surface area (Å²) in [5, 5.41) is 10.0. The van der Waals surface area contributed by atoms with E-state index in [0.29, 0.717) is 37.4 Å². The first-order valence-electron chi connectivity index (χ1n) is 10.5. The Morgan fingerprint density at radius 1 is 1.03 bits per heavy atom. The summed E-state index contributed by atoms with van der Waals surface area (Å²) in [6.07, 6.45) is 0.688. The Labute approximate surface area is 196 Å². The zero-order valence-corrected chi connectivity index (χ0v) is 19.6. The largest absolute Gasteiger partial charge is 0.338 e. The Hall–Kier alpha value is -3.21. The second-order valence-corrected chi connectivity index (χ2v) is 10.4. The van der Waals surface area contributed by atoms with Crippen molar-refractivity contribution in [2.75, 3.05) is 23.7 Å². The van der Waals surface area contributed by atoms with Crippen LogP contribution in [0.25, 0.3) is 0 Å². The number of sulfonamides is 1. The Balaban J connectivity index is 1.49. The van der Waals surface area contributed by atoms with Gasteiger partial charge in [-0.1, -0.05) is 12.1 Å². The molecule has 3 aromatic rings. The molecule has 2 aromatic carbocycles. The predicted octanol–water partition coefficient (Wildman–Crippen LogP) is 3.89. The van der Waals surface area contributed by atoms with E-state index in [1.54, 1.807) is 47.7 Å². The number of nitrogens with one attached hydrogen (secondary N) is 3. The molecule has 0 fully saturated rings. The van der Waals surface area contributed by atoms with Crippen LogP contribution in [-0.4, -0.2) is 37.8 Å². The molecule has 8 nitrogen and oxygen atoms in total. The van der Waals surface area contributed by atoms with E-state index in [0.717, 1.165) is 5.56 Å². The molecular formula is C23H24N4O4S2. The Bertz CT molecular complexity index is 1290. The van der Waals surface area contributed by atoms with Crippen molar-refractivity contribution >= 4 is 44.7 Å². The molecule has 33 heavy (non-hydrogen) atoms. The molecule has 0 spiro atoms. The SMILES string of the molecule is CCNC(=O)Nc1cccc(NC(=O)c2cccc(S(=O)(=O)N3CCc4sccc4C3)c2)c1. The van der Waals surface area contributed by atoms with Crippen LogP contribution >= 0.6 is 11.3 Å². The Kier molecular flexibility index (Phi) is 6.77. The van der Waals surface area contributed by atoms with Gasteiger partial charge in [-0.3, -0.25) is 4.79 Å². The lowest BCUT2D eigenvalue weighted by molar-refractivity contribution is 0.102. The normalized spacial score (nSPS) is 13.7. The smallest absolute Gasteiger partial charge is 0.319 e. The highest BCUT2D eigenvalue weighted by Gasteiger charge is 2.29. The summed E-state index contributed by atoms with van der Waals surface area (Å²) in [4.78, 5) is 25.8. The lowest BCUT2D eigenvalue weighted by Crippen LogP contribution is -2.35. The number of hydrogen-bond donors (Lipinski definition) is 3. The third-order valence-electron chi connectivity index (χ3n) is 5.22. The number of urea groups is 1. The number of nitrogens with zero attached hydrogens (tertiary/aromatic N) is 1. The highest BCUT2D eigenvalue weighted by molar-refractivity contribution is 7.89. The molecule has 0 bridgehead atoms. The predicted molar refractivity (Wildman–Crippen MR) is 129 cm³/mol. The standard InChI is InChI=1S/C23H24N4O4S2/c1-2-24-23(29)26-19-7-4-6-18(14-19)25-22(28)16-5-3-8-20(13-16)33(30,31)27-11-9-21-17(15-27)10-12-32-21/h3-8,10,12-14H,2,9,11,15H2,1H3,(H,25,28)(H2,24,26,29). The van der Waals surface area contributed by atoms with Gasteiger partial charge in [0.15, 0.2) is 0 Å². The molecule has 0 aliphatic carbocycles. The van der Waals surface area contributed by atoms with E-state index in [9.17, 15) is 18.0 Å². The van der Waals surface area contributed by atoms with Crippen molar-refractivity contribution in [1.82, 2.24) is 9.62 Å². The lowest BCUT2D eigenvalue weighted by atomic mass is 10.1. The van der Waals surface area contributed by atoms with Crippen molar-refractivity contribution in [2.45, 2.75) is 24.8 Å². The molecule has 3 amide bonds. The highest BCUT2D eigenvalue weighted by atomic mass is 32.2. The van der Waals surface area contributed by atoms with Crippen molar-refractivity contribution in [2.24, 2.45) is 0 Å². The molecule has 3 N–H and O–H groups in total. The fourth-order valence-corrected chi connectivity index (χ4v) is 5.94. The van der Waals surface area contributed by atoms with Gasteiger partial charge in [0.05, 0.1) is 4.90 Å². The molecule has 1 aliphatic rings.